The maximum absolute atomic E-state index is 12.8. The van der Waals surface area contributed by atoms with Gasteiger partial charge in [-0.3, -0.25) is 4.55 Å². The van der Waals surface area contributed by atoms with Crippen molar-refractivity contribution in [3.63, 3.8) is 0 Å². The van der Waals surface area contributed by atoms with Crippen LogP contribution < -0.4 is 0 Å². The highest BCUT2D eigenvalue weighted by Gasteiger charge is 2.43. The van der Waals surface area contributed by atoms with Crippen LogP contribution in [0.25, 0.3) is 0 Å². The zero-order valence-corrected chi connectivity index (χ0v) is 9.80. The minimum Gasteiger partial charge on any atom is -0.508 e. The molecule has 0 heterocycles. The average molecular weight is 286 g/mol. The van der Waals surface area contributed by atoms with E-state index in [1.54, 1.807) is 0 Å². The Labute approximate surface area is 99.8 Å². The number of phenolic OH excluding ortho intramolecular Hbond substituents is 2. The van der Waals surface area contributed by atoms with E-state index in [1.165, 1.54) is 0 Å². The van der Waals surface area contributed by atoms with Crippen molar-refractivity contribution in [3.8, 4) is 11.5 Å². The summed E-state index contributed by atoms with van der Waals surface area (Å²) in [6.45, 7) is 0. The molecule has 9 heteroatoms. The number of hydrogen-bond acceptors (Lipinski definition) is 5. The summed E-state index contributed by atoms with van der Waals surface area (Å²) in [6, 6.07) is 3.14. The first-order chi connectivity index (χ1) is 7.62. The molecule has 0 aliphatic carbocycles. The summed E-state index contributed by atoms with van der Waals surface area (Å²) in [4.78, 5) is 0.0471. The quantitative estimate of drug-likeness (QED) is 0.575. The van der Waals surface area contributed by atoms with Crippen LogP contribution in [0.3, 0.4) is 0 Å². The molecule has 96 valence electrons. The van der Waals surface area contributed by atoms with Crippen LogP contribution in [0.5, 0.6) is 11.5 Å². The van der Waals surface area contributed by atoms with Gasteiger partial charge in [0.1, 0.15) is 11.5 Å². The van der Waals surface area contributed by atoms with Crippen molar-refractivity contribution < 1.29 is 32.0 Å². The number of thioether (sulfide) groups is 1. The summed E-state index contributed by atoms with van der Waals surface area (Å²) >= 11 is 0.373. The van der Waals surface area contributed by atoms with Crippen LogP contribution in [0.2, 0.25) is 0 Å². The van der Waals surface area contributed by atoms with Crippen molar-refractivity contribution in [2.45, 2.75) is 10.2 Å². The molecule has 0 atom stereocenters. The first kappa shape index (κ1) is 14.0. The Morgan fingerprint density at radius 2 is 1.65 bits per heavy atom. The molecule has 0 aliphatic rings. The maximum Gasteiger partial charge on any atom is 0.379 e. The Kier molecular flexibility index (Phi) is 3.84. The SMILES string of the molecule is O=S(=O)(O)C(F)(F)CSc1cc(O)cc(O)c1. The largest absolute Gasteiger partial charge is 0.508 e. The van der Waals surface area contributed by atoms with Gasteiger partial charge in [-0.1, -0.05) is 0 Å². The van der Waals surface area contributed by atoms with Crippen molar-refractivity contribution in [2.75, 3.05) is 5.75 Å². The minimum atomic E-state index is -5.47. The highest BCUT2D eigenvalue weighted by atomic mass is 32.2. The fourth-order valence-electron chi connectivity index (χ4n) is 0.893. The molecule has 0 amide bonds. The fraction of sp³-hybridized carbons (Fsp3) is 0.250. The van der Waals surface area contributed by atoms with Crippen LogP contribution in [-0.2, 0) is 10.1 Å². The number of phenols is 2. The Bertz CT molecular complexity index is 494. The van der Waals surface area contributed by atoms with Gasteiger partial charge in [-0.05, 0) is 12.1 Å². The fourth-order valence-corrected chi connectivity index (χ4v) is 2.41. The Hall–Kier alpha value is -1.06. The van der Waals surface area contributed by atoms with Crippen LogP contribution in [0.1, 0.15) is 0 Å². The molecule has 0 spiro atoms. The first-order valence-electron chi connectivity index (χ1n) is 4.12. The summed E-state index contributed by atoms with van der Waals surface area (Å²) in [7, 11) is -5.47. The van der Waals surface area contributed by atoms with Gasteiger partial charge in [0.25, 0.3) is 0 Å². The molecule has 3 N–H and O–H groups in total. The third kappa shape index (κ3) is 3.72. The topological polar surface area (TPSA) is 94.8 Å². The number of alkyl halides is 2. The molecular formula is C8H8F2O5S2. The second-order valence-corrected chi connectivity index (χ2v) is 5.68. The minimum absolute atomic E-state index is 0.0471. The van der Waals surface area contributed by atoms with Gasteiger partial charge in [-0.25, -0.2) is 0 Å². The first-order valence-corrected chi connectivity index (χ1v) is 6.55. The van der Waals surface area contributed by atoms with Crippen LogP contribution in [-0.4, -0.2) is 34.2 Å². The number of rotatable bonds is 4. The van der Waals surface area contributed by atoms with Gasteiger partial charge in [0.15, 0.2) is 0 Å². The summed E-state index contributed by atoms with van der Waals surface area (Å²) in [5.41, 5.74) is 0. The van der Waals surface area contributed by atoms with Crippen LogP contribution >= 0.6 is 11.8 Å². The molecule has 1 rings (SSSR count). The van der Waals surface area contributed by atoms with Crippen molar-refractivity contribution in [1.29, 1.82) is 0 Å². The van der Waals surface area contributed by atoms with Gasteiger partial charge >= 0.3 is 15.4 Å². The van der Waals surface area contributed by atoms with Crippen molar-refractivity contribution in [1.82, 2.24) is 0 Å². The smallest absolute Gasteiger partial charge is 0.379 e. The molecule has 1 aromatic rings. The van der Waals surface area contributed by atoms with Crippen LogP contribution in [0, 0.1) is 0 Å². The van der Waals surface area contributed by atoms with Crippen LogP contribution in [0.4, 0.5) is 8.78 Å². The molecule has 0 saturated carbocycles. The van der Waals surface area contributed by atoms with Gasteiger partial charge in [-0.15, -0.1) is 11.8 Å². The highest BCUT2D eigenvalue weighted by molar-refractivity contribution is 8.00. The molecule has 0 unspecified atom stereocenters. The molecular weight excluding hydrogens is 278 g/mol. The molecule has 0 aliphatic heterocycles. The highest BCUT2D eigenvalue weighted by Crippen LogP contribution is 2.33. The lowest BCUT2D eigenvalue weighted by atomic mass is 10.3. The molecule has 17 heavy (non-hydrogen) atoms. The predicted molar refractivity (Wildman–Crippen MR) is 57.0 cm³/mol. The number of hydrogen-bond donors (Lipinski definition) is 3. The molecule has 0 fully saturated rings. The van der Waals surface area contributed by atoms with Gasteiger partial charge in [-0.2, -0.15) is 17.2 Å². The molecule has 0 saturated heterocycles. The van der Waals surface area contributed by atoms with Gasteiger partial charge < -0.3 is 10.2 Å². The molecule has 0 radical (unpaired) electrons. The van der Waals surface area contributed by atoms with Crippen molar-refractivity contribution in [3.05, 3.63) is 18.2 Å². The van der Waals surface area contributed by atoms with E-state index in [1.807, 2.05) is 0 Å². The zero-order chi connectivity index (χ0) is 13.3. The zero-order valence-electron chi connectivity index (χ0n) is 8.17. The number of halogens is 2. The predicted octanol–water partition coefficient (Wildman–Crippen LogP) is 1.67. The van der Waals surface area contributed by atoms with Crippen molar-refractivity contribution >= 4 is 21.9 Å². The van der Waals surface area contributed by atoms with Gasteiger partial charge in [0.05, 0.1) is 5.75 Å². The molecule has 0 aromatic heterocycles. The van der Waals surface area contributed by atoms with Crippen molar-refractivity contribution in [2.24, 2.45) is 0 Å². The maximum atomic E-state index is 12.8. The van der Waals surface area contributed by atoms with Gasteiger partial charge in [0, 0.05) is 11.0 Å². The lowest BCUT2D eigenvalue weighted by Gasteiger charge is -2.12. The summed E-state index contributed by atoms with van der Waals surface area (Å²) < 4.78 is 54.5. The van der Waals surface area contributed by atoms with E-state index in [0.717, 1.165) is 18.2 Å². The number of benzene rings is 1. The standard InChI is InChI=1S/C8H8F2O5S2/c9-8(10,17(13,14)15)4-16-7-2-5(11)1-6(12)3-7/h1-3,11-12H,4H2,(H,13,14,15). The summed E-state index contributed by atoms with van der Waals surface area (Å²) in [6.07, 6.45) is 0. The third-order valence-corrected chi connectivity index (χ3v) is 3.82. The molecule has 0 bridgehead atoms. The molecule has 1 aromatic carbocycles. The normalized spacial score (nSPS) is 12.6. The van der Waals surface area contributed by atoms with E-state index >= 15 is 0 Å². The monoisotopic (exact) mass is 286 g/mol. The van der Waals surface area contributed by atoms with E-state index in [9.17, 15) is 17.2 Å². The second kappa shape index (κ2) is 4.67. The number of aromatic hydroxyl groups is 2. The van der Waals surface area contributed by atoms with Gasteiger partial charge in [0.2, 0.25) is 0 Å². The Balaban J connectivity index is 2.81. The third-order valence-electron chi connectivity index (χ3n) is 1.66. The second-order valence-electron chi connectivity index (χ2n) is 3.09. The van der Waals surface area contributed by atoms with E-state index in [-0.39, 0.29) is 16.4 Å². The average Bonchev–Trinajstić information content (AvgIpc) is 2.11. The van der Waals surface area contributed by atoms with E-state index in [4.69, 9.17) is 14.8 Å². The van der Waals surface area contributed by atoms with Crippen LogP contribution in [0.15, 0.2) is 23.1 Å². The van der Waals surface area contributed by atoms with E-state index in [0.29, 0.717) is 11.8 Å². The Morgan fingerprint density at radius 1 is 1.18 bits per heavy atom. The van der Waals surface area contributed by atoms with E-state index in [2.05, 4.69) is 0 Å². The lowest BCUT2D eigenvalue weighted by Crippen LogP contribution is -2.30. The molecule has 5 nitrogen and oxygen atoms in total. The summed E-state index contributed by atoms with van der Waals surface area (Å²) in [5, 5.41) is 13.8. The Morgan fingerprint density at radius 3 is 2.06 bits per heavy atom. The lowest BCUT2D eigenvalue weighted by molar-refractivity contribution is 0.107. The van der Waals surface area contributed by atoms with E-state index < -0.39 is 21.1 Å². The summed E-state index contributed by atoms with van der Waals surface area (Å²) in [5.74, 6) is -1.92.